The highest BCUT2D eigenvalue weighted by molar-refractivity contribution is 7.10. The van der Waals surface area contributed by atoms with Crippen LogP contribution in [0.2, 0.25) is 0 Å². The molecule has 1 aromatic rings. The summed E-state index contributed by atoms with van der Waals surface area (Å²) in [6.07, 6.45) is 2.42. The number of thiophene rings is 1. The van der Waals surface area contributed by atoms with E-state index in [-0.39, 0.29) is 0 Å². The molecule has 1 unspecified atom stereocenters. The predicted molar refractivity (Wildman–Crippen MR) is 74.3 cm³/mol. The number of rotatable bonds is 5. The van der Waals surface area contributed by atoms with E-state index in [4.69, 9.17) is 0 Å². The van der Waals surface area contributed by atoms with E-state index in [2.05, 4.69) is 51.4 Å². The summed E-state index contributed by atoms with van der Waals surface area (Å²) in [5, 5.41) is 5.90. The van der Waals surface area contributed by atoms with Crippen molar-refractivity contribution in [2.75, 3.05) is 6.54 Å². The van der Waals surface area contributed by atoms with Gasteiger partial charge in [-0.1, -0.05) is 27.7 Å². The lowest BCUT2D eigenvalue weighted by Gasteiger charge is -2.31. The Hall–Kier alpha value is -0.340. The molecule has 0 aliphatic heterocycles. The van der Waals surface area contributed by atoms with Crippen LogP contribution in [0.5, 0.6) is 0 Å². The van der Waals surface area contributed by atoms with Gasteiger partial charge in [0.2, 0.25) is 0 Å². The molecule has 1 aromatic heterocycles. The lowest BCUT2D eigenvalue weighted by atomic mass is 9.83. The Morgan fingerprint density at radius 3 is 2.50 bits per heavy atom. The molecule has 1 heterocycles. The third-order valence-corrected chi connectivity index (χ3v) is 3.91. The number of aryl methyl sites for hydroxylation is 2. The van der Waals surface area contributed by atoms with Gasteiger partial charge < -0.3 is 5.32 Å². The van der Waals surface area contributed by atoms with Crippen LogP contribution in [0.1, 0.15) is 44.6 Å². The predicted octanol–water partition coefficient (Wildman–Crippen LogP) is 4.01. The molecule has 0 radical (unpaired) electrons. The molecule has 0 saturated carbocycles. The number of hydrogen-bond donors (Lipinski definition) is 1. The largest absolute Gasteiger partial charge is 0.314 e. The minimum Gasteiger partial charge on any atom is -0.314 e. The van der Waals surface area contributed by atoms with E-state index in [1.807, 2.05) is 11.3 Å². The van der Waals surface area contributed by atoms with Crippen LogP contribution in [0.15, 0.2) is 11.4 Å². The van der Waals surface area contributed by atoms with Gasteiger partial charge in [0.25, 0.3) is 0 Å². The average molecular weight is 239 g/mol. The maximum absolute atomic E-state index is 3.60. The van der Waals surface area contributed by atoms with Gasteiger partial charge in [-0.15, -0.1) is 11.3 Å². The zero-order valence-corrected chi connectivity index (χ0v) is 12.1. The Balaban J connectivity index is 2.50. The molecule has 0 fully saturated rings. The van der Waals surface area contributed by atoms with Crippen molar-refractivity contribution in [1.82, 2.24) is 5.32 Å². The quantitative estimate of drug-likeness (QED) is 0.818. The van der Waals surface area contributed by atoms with Gasteiger partial charge >= 0.3 is 0 Å². The van der Waals surface area contributed by atoms with Crippen molar-refractivity contribution in [3.63, 3.8) is 0 Å². The van der Waals surface area contributed by atoms with Gasteiger partial charge in [-0.3, -0.25) is 0 Å². The van der Waals surface area contributed by atoms with Gasteiger partial charge in [-0.25, -0.2) is 0 Å². The van der Waals surface area contributed by atoms with E-state index in [9.17, 15) is 0 Å². The highest BCUT2D eigenvalue weighted by Crippen LogP contribution is 2.24. The van der Waals surface area contributed by atoms with Gasteiger partial charge in [0, 0.05) is 10.9 Å². The Labute approximate surface area is 104 Å². The van der Waals surface area contributed by atoms with Crippen molar-refractivity contribution in [2.24, 2.45) is 5.41 Å². The number of hydrogen-bond acceptors (Lipinski definition) is 2. The van der Waals surface area contributed by atoms with Gasteiger partial charge in [-0.05, 0) is 48.7 Å². The van der Waals surface area contributed by atoms with Crippen LogP contribution in [0, 0.1) is 12.3 Å². The van der Waals surface area contributed by atoms with Crippen molar-refractivity contribution in [2.45, 2.75) is 53.5 Å². The highest BCUT2D eigenvalue weighted by Gasteiger charge is 2.23. The first-order valence-electron chi connectivity index (χ1n) is 6.21. The molecule has 1 rings (SSSR count). The van der Waals surface area contributed by atoms with Gasteiger partial charge in [-0.2, -0.15) is 0 Å². The monoisotopic (exact) mass is 239 g/mol. The summed E-state index contributed by atoms with van der Waals surface area (Å²) in [5.74, 6) is 0. The van der Waals surface area contributed by atoms with Crippen LogP contribution in [-0.4, -0.2) is 12.6 Å². The summed E-state index contributed by atoms with van der Waals surface area (Å²) in [5.41, 5.74) is 1.84. The van der Waals surface area contributed by atoms with Crippen molar-refractivity contribution < 1.29 is 0 Å². The minimum absolute atomic E-state index is 0.348. The molecule has 0 amide bonds. The van der Waals surface area contributed by atoms with E-state index >= 15 is 0 Å². The summed E-state index contributed by atoms with van der Waals surface area (Å²) in [4.78, 5) is 1.42. The van der Waals surface area contributed by atoms with Crippen LogP contribution in [0.25, 0.3) is 0 Å². The van der Waals surface area contributed by atoms with E-state index in [1.165, 1.54) is 23.3 Å². The molecule has 0 saturated heterocycles. The average Bonchev–Trinajstić information content (AvgIpc) is 2.57. The highest BCUT2D eigenvalue weighted by atomic mass is 32.1. The summed E-state index contributed by atoms with van der Waals surface area (Å²) in [7, 11) is 0. The minimum atomic E-state index is 0.348. The lowest BCUT2D eigenvalue weighted by molar-refractivity contribution is 0.258. The van der Waals surface area contributed by atoms with Crippen molar-refractivity contribution in [3.05, 3.63) is 21.9 Å². The fraction of sp³-hybridized carbons (Fsp3) is 0.714. The van der Waals surface area contributed by atoms with E-state index in [1.54, 1.807) is 0 Å². The van der Waals surface area contributed by atoms with Crippen LogP contribution < -0.4 is 5.32 Å². The molecule has 0 bridgehead atoms. The Bertz CT molecular complexity index is 309. The van der Waals surface area contributed by atoms with Crippen LogP contribution in [-0.2, 0) is 6.42 Å². The van der Waals surface area contributed by atoms with Gasteiger partial charge in [0.15, 0.2) is 0 Å². The SMILES string of the molecule is CCNC(CCc1csc(C)c1)C(C)(C)C. The zero-order valence-electron chi connectivity index (χ0n) is 11.3. The molecule has 2 heteroatoms. The molecule has 1 nitrogen and oxygen atoms in total. The zero-order chi connectivity index (χ0) is 12.2. The first-order chi connectivity index (χ1) is 7.43. The summed E-state index contributed by atoms with van der Waals surface area (Å²) in [6, 6.07) is 2.92. The topological polar surface area (TPSA) is 12.0 Å². The molecule has 0 spiro atoms. The molecular weight excluding hydrogens is 214 g/mol. The lowest BCUT2D eigenvalue weighted by Crippen LogP contribution is -2.40. The smallest absolute Gasteiger partial charge is 0.0119 e. The normalized spacial score (nSPS) is 14.1. The molecule has 1 N–H and O–H groups in total. The first kappa shape index (κ1) is 13.7. The Morgan fingerprint density at radius 2 is 2.06 bits per heavy atom. The second-order valence-corrected chi connectivity index (χ2v) is 6.70. The standard InChI is InChI=1S/C14H25NS/c1-6-15-13(14(3,4)5)8-7-12-9-11(2)16-10-12/h9-10,13,15H,6-8H2,1-5H3. The molecule has 92 valence electrons. The molecule has 16 heavy (non-hydrogen) atoms. The summed E-state index contributed by atoms with van der Waals surface area (Å²) < 4.78 is 0. The van der Waals surface area contributed by atoms with Crippen molar-refractivity contribution in [1.29, 1.82) is 0 Å². The fourth-order valence-corrected chi connectivity index (χ4v) is 2.77. The number of nitrogens with one attached hydrogen (secondary N) is 1. The maximum atomic E-state index is 3.60. The maximum Gasteiger partial charge on any atom is 0.0119 e. The molecule has 1 atom stereocenters. The summed E-state index contributed by atoms with van der Waals surface area (Å²) >= 11 is 1.86. The van der Waals surface area contributed by atoms with Crippen LogP contribution >= 0.6 is 11.3 Å². The van der Waals surface area contributed by atoms with Crippen molar-refractivity contribution >= 4 is 11.3 Å². The first-order valence-corrected chi connectivity index (χ1v) is 7.09. The van der Waals surface area contributed by atoms with Crippen LogP contribution in [0.4, 0.5) is 0 Å². The second-order valence-electron chi connectivity index (χ2n) is 5.58. The summed E-state index contributed by atoms with van der Waals surface area (Å²) in [6.45, 7) is 12.4. The van der Waals surface area contributed by atoms with E-state index in [0.717, 1.165) is 6.54 Å². The fourth-order valence-electron chi connectivity index (χ4n) is 2.03. The Morgan fingerprint density at radius 1 is 1.38 bits per heavy atom. The van der Waals surface area contributed by atoms with Gasteiger partial charge in [0.1, 0.15) is 0 Å². The van der Waals surface area contributed by atoms with Crippen molar-refractivity contribution in [3.8, 4) is 0 Å². The van der Waals surface area contributed by atoms with Crippen LogP contribution in [0.3, 0.4) is 0 Å². The molecule has 0 aliphatic rings. The third kappa shape index (κ3) is 4.26. The molecular formula is C14H25NS. The third-order valence-electron chi connectivity index (χ3n) is 3.00. The molecule has 0 aliphatic carbocycles. The second kappa shape index (κ2) is 5.83. The molecule has 0 aromatic carbocycles. The van der Waals surface area contributed by atoms with E-state index < -0.39 is 0 Å². The Kier molecular flexibility index (Phi) is 5.00. The van der Waals surface area contributed by atoms with Gasteiger partial charge in [0.05, 0.1) is 0 Å². The van der Waals surface area contributed by atoms with E-state index in [0.29, 0.717) is 11.5 Å².